The Balaban J connectivity index is 1.50. The number of nitrogens with zero attached hydrogens (tertiary/aromatic N) is 3. The molecule has 1 heterocycles. The van der Waals surface area contributed by atoms with Gasteiger partial charge in [-0.25, -0.2) is 9.37 Å². The predicted octanol–water partition coefficient (Wildman–Crippen LogP) is 5.22. The highest BCUT2D eigenvalue weighted by atomic mass is 32.1. The number of aryl methyl sites for hydroxylation is 1. The highest BCUT2D eigenvalue weighted by molar-refractivity contribution is 7.09. The summed E-state index contributed by atoms with van der Waals surface area (Å²) in [6, 6.07) is 24.0. The first-order valence-electron chi connectivity index (χ1n) is 10.3. The largest absolute Gasteiger partial charge is 0.333 e. The zero-order valence-corrected chi connectivity index (χ0v) is 18.5. The van der Waals surface area contributed by atoms with Crippen molar-refractivity contribution in [1.29, 1.82) is 0 Å². The summed E-state index contributed by atoms with van der Waals surface area (Å²) in [7, 11) is 0. The van der Waals surface area contributed by atoms with E-state index in [1.54, 1.807) is 12.1 Å². The van der Waals surface area contributed by atoms with Crippen LogP contribution in [0.1, 0.15) is 22.5 Å². The second kappa shape index (κ2) is 10.2. The van der Waals surface area contributed by atoms with Crippen LogP contribution in [-0.4, -0.2) is 21.8 Å². The van der Waals surface area contributed by atoms with Crippen molar-refractivity contribution >= 4 is 28.3 Å². The van der Waals surface area contributed by atoms with Gasteiger partial charge in [-0.3, -0.25) is 4.79 Å². The topological polar surface area (TPSA) is 58.1 Å². The molecule has 162 valence electrons. The molecule has 1 N–H and O–H groups in total. The number of benzene rings is 3. The number of carbonyl (C=O) groups is 1. The van der Waals surface area contributed by atoms with E-state index in [9.17, 15) is 9.18 Å². The number of aromatic nitrogens is 2. The number of hydrogen-bond acceptors (Lipinski definition) is 5. The Hall–Kier alpha value is -3.58. The summed E-state index contributed by atoms with van der Waals surface area (Å²) in [4.78, 5) is 19.3. The molecule has 0 saturated heterocycles. The fourth-order valence-corrected chi connectivity index (χ4v) is 3.92. The second-order valence-electron chi connectivity index (χ2n) is 7.55. The van der Waals surface area contributed by atoms with Crippen LogP contribution in [0.15, 0.2) is 78.9 Å². The smallest absolute Gasteiger partial charge is 0.243 e. The average molecular weight is 447 g/mol. The highest BCUT2D eigenvalue weighted by Gasteiger charge is 2.17. The highest BCUT2D eigenvalue weighted by Crippen LogP contribution is 2.22. The molecular weight excluding hydrogens is 423 g/mol. The summed E-state index contributed by atoms with van der Waals surface area (Å²) in [6.45, 7) is 2.69. The van der Waals surface area contributed by atoms with E-state index < -0.39 is 0 Å². The number of rotatable bonds is 8. The number of nitrogens with one attached hydrogen (secondary N) is 1. The van der Waals surface area contributed by atoms with Crippen LogP contribution in [0.5, 0.6) is 0 Å². The van der Waals surface area contributed by atoms with E-state index in [1.807, 2.05) is 66.4 Å². The lowest BCUT2D eigenvalue weighted by Gasteiger charge is -2.21. The molecule has 0 spiro atoms. The van der Waals surface area contributed by atoms with Crippen molar-refractivity contribution in [2.45, 2.75) is 19.9 Å². The van der Waals surface area contributed by atoms with Gasteiger partial charge < -0.3 is 10.2 Å². The van der Waals surface area contributed by atoms with E-state index in [0.717, 1.165) is 22.4 Å². The molecule has 5 nitrogen and oxygen atoms in total. The first kappa shape index (κ1) is 21.6. The quantitative estimate of drug-likeness (QED) is 0.403. The summed E-state index contributed by atoms with van der Waals surface area (Å²) in [5.74, 6) is 0.253. The van der Waals surface area contributed by atoms with E-state index in [0.29, 0.717) is 23.9 Å². The molecule has 0 atom stereocenters. The van der Waals surface area contributed by atoms with Gasteiger partial charge in [0, 0.05) is 30.2 Å². The fourth-order valence-electron chi connectivity index (χ4n) is 3.24. The van der Waals surface area contributed by atoms with E-state index in [-0.39, 0.29) is 18.3 Å². The summed E-state index contributed by atoms with van der Waals surface area (Å²) in [5.41, 5.74) is 3.90. The molecule has 0 saturated carbocycles. The van der Waals surface area contributed by atoms with Crippen LogP contribution in [0.25, 0.3) is 0 Å². The van der Waals surface area contributed by atoms with Gasteiger partial charge in [-0.05, 0) is 42.3 Å². The number of hydrogen-bond donors (Lipinski definition) is 1. The van der Waals surface area contributed by atoms with Crippen molar-refractivity contribution in [3.05, 3.63) is 107 Å². The molecule has 0 radical (unpaired) electrons. The average Bonchev–Trinajstić information content (AvgIpc) is 3.26. The molecule has 0 unspecified atom stereocenters. The molecular formula is C25H23FN4OS. The standard InChI is InChI=1S/C25H23FN4OS/c1-18-7-13-22(14-8-18)27-24(31)17-30(16-20-5-3-2-4-6-20)25-28-23(29-32-25)15-19-9-11-21(26)12-10-19/h2-14H,15-17H2,1H3,(H,27,31). The van der Waals surface area contributed by atoms with Gasteiger partial charge in [0.25, 0.3) is 0 Å². The normalized spacial score (nSPS) is 10.7. The minimum Gasteiger partial charge on any atom is -0.333 e. The maximum absolute atomic E-state index is 13.2. The third-order valence-electron chi connectivity index (χ3n) is 4.89. The Kier molecular flexibility index (Phi) is 6.87. The molecule has 0 aliphatic carbocycles. The third kappa shape index (κ3) is 5.98. The molecule has 0 bridgehead atoms. The molecule has 0 aliphatic heterocycles. The Morgan fingerprint density at radius 1 is 0.969 bits per heavy atom. The van der Waals surface area contributed by atoms with Crippen molar-refractivity contribution in [3.63, 3.8) is 0 Å². The SMILES string of the molecule is Cc1ccc(NC(=O)CN(Cc2ccccc2)c2nc(Cc3ccc(F)cc3)ns2)cc1. The monoisotopic (exact) mass is 446 g/mol. The number of halogens is 1. The van der Waals surface area contributed by atoms with Gasteiger partial charge in [0.15, 0.2) is 0 Å². The summed E-state index contributed by atoms with van der Waals surface area (Å²) in [6.07, 6.45) is 0.505. The molecule has 0 fully saturated rings. The summed E-state index contributed by atoms with van der Waals surface area (Å²) in [5, 5.41) is 3.62. The van der Waals surface area contributed by atoms with Gasteiger partial charge in [-0.1, -0.05) is 60.2 Å². The van der Waals surface area contributed by atoms with Crippen molar-refractivity contribution in [2.75, 3.05) is 16.8 Å². The first-order chi connectivity index (χ1) is 15.5. The zero-order chi connectivity index (χ0) is 22.3. The van der Waals surface area contributed by atoms with Crippen LogP contribution in [0, 0.1) is 12.7 Å². The first-order valence-corrected chi connectivity index (χ1v) is 11.0. The molecule has 0 aliphatic rings. The Labute approximate surface area is 190 Å². The van der Waals surface area contributed by atoms with Crippen LogP contribution in [0.3, 0.4) is 0 Å². The molecule has 4 rings (SSSR count). The minimum atomic E-state index is -0.269. The lowest BCUT2D eigenvalue weighted by atomic mass is 10.1. The number of carbonyl (C=O) groups excluding carboxylic acids is 1. The maximum atomic E-state index is 13.2. The molecule has 1 aromatic heterocycles. The van der Waals surface area contributed by atoms with Crippen LogP contribution in [-0.2, 0) is 17.8 Å². The van der Waals surface area contributed by atoms with Crippen molar-refractivity contribution in [3.8, 4) is 0 Å². The fraction of sp³-hybridized carbons (Fsp3) is 0.160. The molecule has 1 amide bonds. The van der Waals surface area contributed by atoms with Crippen LogP contribution in [0.4, 0.5) is 15.2 Å². The minimum absolute atomic E-state index is 0.125. The Morgan fingerprint density at radius 2 is 1.69 bits per heavy atom. The van der Waals surface area contributed by atoms with Gasteiger partial charge in [0.1, 0.15) is 11.6 Å². The van der Waals surface area contributed by atoms with Crippen molar-refractivity contribution in [2.24, 2.45) is 0 Å². The van der Waals surface area contributed by atoms with Crippen LogP contribution in [0.2, 0.25) is 0 Å². The predicted molar refractivity (Wildman–Crippen MR) is 126 cm³/mol. The van der Waals surface area contributed by atoms with E-state index >= 15 is 0 Å². The Morgan fingerprint density at radius 3 is 2.41 bits per heavy atom. The van der Waals surface area contributed by atoms with Gasteiger partial charge in [-0.15, -0.1) is 0 Å². The van der Waals surface area contributed by atoms with E-state index in [2.05, 4.69) is 14.7 Å². The van der Waals surface area contributed by atoms with Crippen LogP contribution >= 0.6 is 11.5 Å². The van der Waals surface area contributed by atoms with Gasteiger partial charge in [0.2, 0.25) is 11.0 Å². The molecule has 3 aromatic carbocycles. The third-order valence-corrected chi connectivity index (χ3v) is 5.70. The van der Waals surface area contributed by atoms with Gasteiger partial charge in [-0.2, -0.15) is 4.37 Å². The molecule has 4 aromatic rings. The Bertz CT molecular complexity index is 1160. The van der Waals surface area contributed by atoms with E-state index in [4.69, 9.17) is 0 Å². The van der Waals surface area contributed by atoms with Crippen molar-refractivity contribution in [1.82, 2.24) is 9.36 Å². The number of anilines is 2. The lowest BCUT2D eigenvalue weighted by molar-refractivity contribution is -0.115. The van der Waals surface area contributed by atoms with Gasteiger partial charge >= 0.3 is 0 Å². The zero-order valence-electron chi connectivity index (χ0n) is 17.7. The lowest BCUT2D eigenvalue weighted by Crippen LogP contribution is -2.33. The molecule has 7 heteroatoms. The second-order valence-corrected chi connectivity index (χ2v) is 8.28. The maximum Gasteiger partial charge on any atom is 0.243 e. The summed E-state index contributed by atoms with van der Waals surface area (Å²) >= 11 is 1.26. The van der Waals surface area contributed by atoms with E-state index in [1.165, 1.54) is 23.7 Å². The van der Waals surface area contributed by atoms with Crippen LogP contribution < -0.4 is 10.2 Å². The van der Waals surface area contributed by atoms with Crippen molar-refractivity contribution < 1.29 is 9.18 Å². The summed E-state index contributed by atoms with van der Waals surface area (Å²) < 4.78 is 17.6. The molecule has 32 heavy (non-hydrogen) atoms. The number of amides is 1. The van der Waals surface area contributed by atoms with Gasteiger partial charge in [0.05, 0.1) is 6.54 Å².